The van der Waals surface area contributed by atoms with Gasteiger partial charge in [0, 0.05) is 17.3 Å². The third kappa shape index (κ3) is 4.46. The molecular weight excluding hydrogens is 435 g/mol. The molecule has 4 rings (SSSR count). The smallest absolute Gasteiger partial charge is 0.327 e. The van der Waals surface area contributed by atoms with Gasteiger partial charge in [0.1, 0.15) is 18.4 Å². The summed E-state index contributed by atoms with van der Waals surface area (Å²) in [5.74, 6) is -0.0218. The number of anilines is 1. The standard InChI is InChI=1S/C22H22F3N7O/c1-13-14(2)32(17-8-3-4-9-17)21(18(13)11-26)27-19(33)12-31-29-20(28-30-31)15-6-5-7-16(10-15)22(23,24)25/h5-7,10,17H,3-4,8-9,12H2,1-2H3,(H,27,33). The second kappa shape index (κ2) is 8.69. The molecule has 172 valence electrons. The summed E-state index contributed by atoms with van der Waals surface area (Å²) < 4.78 is 40.9. The number of hydrogen-bond donors (Lipinski definition) is 1. The number of halogens is 3. The number of alkyl halides is 3. The molecule has 1 aliphatic rings. The highest BCUT2D eigenvalue weighted by Crippen LogP contribution is 2.37. The van der Waals surface area contributed by atoms with Crippen LogP contribution in [0.3, 0.4) is 0 Å². The molecule has 1 saturated carbocycles. The zero-order valence-electron chi connectivity index (χ0n) is 18.1. The molecule has 1 aliphatic carbocycles. The van der Waals surface area contributed by atoms with Crippen LogP contribution in [-0.4, -0.2) is 30.7 Å². The summed E-state index contributed by atoms with van der Waals surface area (Å²) >= 11 is 0. The van der Waals surface area contributed by atoms with Crippen LogP contribution in [0.4, 0.5) is 19.0 Å². The first-order chi connectivity index (χ1) is 15.7. The van der Waals surface area contributed by atoms with Gasteiger partial charge in [-0.25, -0.2) is 0 Å². The molecule has 2 heterocycles. The number of hydrogen-bond acceptors (Lipinski definition) is 5. The van der Waals surface area contributed by atoms with Crippen molar-refractivity contribution in [1.29, 1.82) is 5.26 Å². The second-order valence-corrected chi connectivity index (χ2v) is 8.12. The second-order valence-electron chi connectivity index (χ2n) is 8.12. The van der Waals surface area contributed by atoms with Gasteiger partial charge in [0.2, 0.25) is 11.7 Å². The molecule has 0 bridgehead atoms. The van der Waals surface area contributed by atoms with E-state index in [-0.39, 0.29) is 24.0 Å². The molecule has 11 heteroatoms. The molecule has 1 N–H and O–H groups in total. The van der Waals surface area contributed by atoms with Crippen LogP contribution in [0.25, 0.3) is 11.4 Å². The van der Waals surface area contributed by atoms with Gasteiger partial charge in [-0.05, 0) is 49.6 Å². The van der Waals surface area contributed by atoms with E-state index in [9.17, 15) is 23.2 Å². The summed E-state index contributed by atoms with van der Waals surface area (Å²) in [4.78, 5) is 13.8. The maximum atomic E-state index is 13.0. The molecule has 0 radical (unpaired) electrons. The van der Waals surface area contributed by atoms with Gasteiger partial charge >= 0.3 is 6.18 Å². The van der Waals surface area contributed by atoms with E-state index < -0.39 is 17.6 Å². The Kier molecular flexibility index (Phi) is 5.93. The predicted octanol–water partition coefficient (Wildman–Crippen LogP) is 4.40. The molecule has 0 aliphatic heterocycles. The molecule has 0 atom stereocenters. The van der Waals surface area contributed by atoms with Crippen molar-refractivity contribution in [2.24, 2.45) is 0 Å². The normalized spacial score (nSPS) is 14.4. The molecule has 1 amide bonds. The van der Waals surface area contributed by atoms with E-state index in [0.29, 0.717) is 11.4 Å². The van der Waals surface area contributed by atoms with E-state index in [4.69, 9.17) is 0 Å². The highest BCUT2D eigenvalue weighted by atomic mass is 19.4. The molecule has 3 aromatic rings. The molecule has 33 heavy (non-hydrogen) atoms. The highest BCUT2D eigenvalue weighted by Gasteiger charge is 2.31. The van der Waals surface area contributed by atoms with Crippen LogP contribution in [0.15, 0.2) is 24.3 Å². The van der Waals surface area contributed by atoms with Crippen molar-refractivity contribution >= 4 is 11.7 Å². The van der Waals surface area contributed by atoms with Gasteiger partial charge in [-0.3, -0.25) is 4.79 Å². The lowest BCUT2D eigenvalue weighted by atomic mass is 10.1. The van der Waals surface area contributed by atoms with Gasteiger partial charge in [-0.15, -0.1) is 10.2 Å². The maximum Gasteiger partial charge on any atom is 0.416 e. The van der Waals surface area contributed by atoms with E-state index in [1.807, 2.05) is 18.4 Å². The topological polar surface area (TPSA) is 101 Å². The van der Waals surface area contributed by atoms with E-state index in [2.05, 4.69) is 26.8 Å². The highest BCUT2D eigenvalue weighted by molar-refractivity contribution is 5.91. The van der Waals surface area contributed by atoms with Crippen LogP contribution >= 0.6 is 0 Å². The fraction of sp³-hybridized carbons (Fsp3) is 0.409. The zero-order valence-corrected chi connectivity index (χ0v) is 18.1. The number of carbonyl (C=O) groups is 1. The summed E-state index contributed by atoms with van der Waals surface area (Å²) in [6, 6.07) is 6.99. The zero-order chi connectivity index (χ0) is 23.8. The molecule has 2 aromatic heterocycles. The largest absolute Gasteiger partial charge is 0.416 e. The Morgan fingerprint density at radius 2 is 2.00 bits per heavy atom. The molecule has 0 unspecified atom stereocenters. The Bertz CT molecular complexity index is 1230. The Morgan fingerprint density at radius 3 is 2.67 bits per heavy atom. The SMILES string of the molecule is Cc1c(C#N)c(NC(=O)Cn2nnc(-c3cccc(C(F)(F)F)c3)n2)n(C2CCCC2)c1C. The maximum absolute atomic E-state index is 13.0. The Morgan fingerprint density at radius 1 is 1.27 bits per heavy atom. The number of rotatable bonds is 5. The molecule has 0 spiro atoms. The Labute approximate surface area is 188 Å². The van der Waals surface area contributed by atoms with Crippen molar-refractivity contribution in [3.05, 3.63) is 46.6 Å². The fourth-order valence-corrected chi connectivity index (χ4v) is 4.27. The Balaban J connectivity index is 1.54. The monoisotopic (exact) mass is 457 g/mol. The van der Waals surface area contributed by atoms with Crippen LogP contribution in [0.5, 0.6) is 0 Å². The lowest BCUT2D eigenvalue weighted by Crippen LogP contribution is -2.23. The molecular formula is C22H22F3N7O. The van der Waals surface area contributed by atoms with Crippen LogP contribution in [0.2, 0.25) is 0 Å². The number of aromatic nitrogens is 5. The number of nitrogens with zero attached hydrogens (tertiary/aromatic N) is 6. The van der Waals surface area contributed by atoms with E-state index in [1.165, 1.54) is 12.1 Å². The number of nitriles is 1. The molecule has 1 fully saturated rings. The molecule has 0 saturated heterocycles. The van der Waals surface area contributed by atoms with E-state index in [1.54, 1.807) is 0 Å². The third-order valence-electron chi connectivity index (χ3n) is 6.00. The first kappa shape index (κ1) is 22.5. The van der Waals surface area contributed by atoms with Crippen molar-refractivity contribution in [3.8, 4) is 17.5 Å². The molecule has 1 aromatic carbocycles. The van der Waals surface area contributed by atoms with Crippen LogP contribution in [0.1, 0.15) is 54.1 Å². The lowest BCUT2D eigenvalue weighted by Gasteiger charge is -2.19. The van der Waals surface area contributed by atoms with Crippen LogP contribution in [-0.2, 0) is 17.5 Å². The van der Waals surface area contributed by atoms with Crippen molar-refractivity contribution < 1.29 is 18.0 Å². The molecule has 8 nitrogen and oxygen atoms in total. The average molecular weight is 457 g/mol. The lowest BCUT2D eigenvalue weighted by molar-refractivity contribution is -0.137. The first-order valence-corrected chi connectivity index (χ1v) is 10.6. The minimum Gasteiger partial charge on any atom is -0.327 e. The third-order valence-corrected chi connectivity index (χ3v) is 6.00. The van der Waals surface area contributed by atoms with Gasteiger partial charge in [0.05, 0.1) is 11.1 Å². The van der Waals surface area contributed by atoms with Gasteiger partial charge in [-0.1, -0.05) is 25.0 Å². The van der Waals surface area contributed by atoms with Crippen molar-refractivity contribution in [2.45, 2.75) is 58.3 Å². The number of carbonyl (C=O) groups excluding carboxylic acids is 1. The summed E-state index contributed by atoms with van der Waals surface area (Å²) in [7, 11) is 0. The minimum absolute atomic E-state index is 0.0207. The summed E-state index contributed by atoms with van der Waals surface area (Å²) in [6.45, 7) is 3.49. The number of tetrazole rings is 1. The fourth-order valence-electron chi connectivity index (χ4n) is 4.27. The van der Waals surface area contributed by atoms with Crippen LogP contribution < -0.4 is 5.32 Å². The van der Waals surface area contributed by atoms with E-state index >= 15 is 0 Å². The summed E-state index contributed by atoms with van der Waals surface area (Å²) in [5.41, 5.74) is 1.51. The summed E-state index contributed by atoms with van der Waals surface area (Å²) in [5, 5.41) is 24.1. The van der Waals surface area contributed by atoms with Crippen molar-refractivity contribution in [3.63, 3.8) is 0 Å². The number of amides is 1. The number of benzene rings is 1. The average Bonchev–Trinajstić information content (AvgIpc) is 3.50. The number of nitrogens with one attached hydrogen (secondary N) is 1. The van der Waals surface area contributed by atoms with Crippen LogP contribution in [0, 0.1) is 25.2 Å². The van der Waals surface area contributed by atoms with Crippen molar-refractivity contribution in [2.75, 3.05) is 5.32 Å². The Hall–Kier alpha value is -3.68. The van der Waals surface area contributed by atoms with Crippen molar-refractivity contribution in [1.82, 2.24) is 24.8 Å². The summed E-state index contributed by atoms with van der Waals surface area (Å²) in [6.07, 6.45) is -0.341. The van der Waals surface area contributed by atoms with Gasteiger partial charge in [-0.2, -0.15) is 23.2 Å². The first-order valence-electron chi connectivity index (χ1n) is 10.6. The quantitative estimate of drug-likeness (QED) is 0.612. The predicted molar refractivity (Wildman–Crippen MR) is 113 cm³/mol. The van der Waals surface area contributed by atoms with Gasteiger partial charge < -0.3 is 9.88 Å². The van der Waals surface area contributed by atoms with E-state index in [0.717, 1.165) is 53.9 Å². The minimum atomic E-state index is -4.49. The van der Waals surface area contributed by atoms with Gasteiger partial charge in [0.15, 0.2) is 0 Å². The van der Waals surface area contributed by atoms with Gasteiger partial charge in [0.25, 0.3) is 0 Å².